The van der Waals surface area contributed by atoms with Crippen LogP contribution in [0, 0.1) is 18.7 Å². The fourth-order valence-electron chi connectivity index (χ4n) is 4.82. The highest BCUT2D eigenvalue weighted by molar-refractivity contribution is 5.93. The van der Waals surface area contributed by atoms with E-state index in [2.05, 4.69) is 39.9 Å². The molecule has 3 heterocycles. The molecule has 3 aromatic rings. The van der Waals surface area contributed by atoms with Gasteiger partial charge in [0.2, 0.25) is 5.91 Å². The first-order chi connectivity index (χ1) is 17.4. The molecule has 188 valence electrons. The molecule has 0 aliphatic carbocycles. The Morgan fingerprint density at radius 1 is 1.08 bits per heavy atom. The summed E-state index contributed by atoms with van der Waals surface area (Å²) in [4.78, 5) is 27.7. The second kappa shape index (κ2) is 10.2. The average Bonchev–Trinajstić information content (AvgIpc) is 3.32. The first kappa shape index (κ1) is 24.1. The molecule has 0 unspecified atom stereocenters. The van der Waals surface area contributed by atoms with Crippen LogP contribution >= 0.6 is 0 Å². The summed E-state index contributed by atoms with van der Waals surface area (Å²) < 4.78 is 21.0. The molecule has 2 aliphatic heterocycles. The lowest BCUT2D eigenvalue weighted by atomic mass is 9.95. The van der Waals surface area contributed by atoms with Crippen LogP contribution in [0.4, 0.5) is 4.39 Å². The second-order valence-electron chi connectivity index (χ2n) is 9.63. The van der Waals surface area contributed by atoms with Gasteiger partial charge in [0.15, 0.2) is 5.69 Å². The lowest BCUT2D eigenvalue weighted by molar-refractivity contribution is -0.127. The average molecular weight is 492 g/mol. The monoisotopic (exact) mass is 491 g/mol. The predicted octanol–water partition coefficient (Wildman–Crippen LogP) is 3.73. The highest BCUT2D eigenvalue weighted by atomic mass is 19.1. The summed E-state index contributed by atoms with van der Waals surface area (Å²) in [5, 5.41) is 11.4. The van der Waals surface area contributed by atoms with Crippen molar-refractivity contribution in [1.29, 1.82) is 0 Å². The van der Waals surface area contributed by atoms with Crippen LogP contribution in [0.2, 0.25) is 0 Å². The Labute approximate surface area is 209 Å². The Kier molecular flexibility index (Phi) is 6.82. The first-order valence-corrected chi connectivity index (χ1v) is 12.3. The number of nitrogens with one attached hydrogen (secondary N) is 1. The number of amides is 2. The number of nitrogens with zero attached hydrogens (tertiary/aromatic N) is 4. The molecule has 9 heteroatoms. The molecule has 1 aromatic heterocycles. The summed E-state index contributed by atoms with van der Waals surface area (Å²) in [6, 6.07) is 14.1. The zero-order valence-corrected chi connectivity index (χ0v) is 20.5. The molecule has 1 N–H and O–H groups in total. The molecule has 1 fully saturated rings. The standard InChI is InChI=1S/C27H30FN5O3/c1-17-3-5-20(6-4-17)24-15-33-23(16-36-24)25(30-31-33)27(35)32-13-11-21(12-14-32)26(34)29-18(2)19-7-9-22(28)10-8-19/h3-10,18,21,24H,11-16H2,1-2H3,(H,29,34)/t18-,24-/m0/s1. The van der Waals surface area contributed by atoms with E-state index in [1.165, 1.54) is 17.7 Å². The summed E-state index contributed by atoms with van der Waals surface area (Å²) in [5.74, 6) is -0.701. The number of carbonyl (C=O) groups is 2. The van der Waals surface area contributed by atoms with Crippen molar-refractivity contribution in [2.45, 2.75) is 52.0 Å². The number of halogens is 1. The topological polar surface area (TPSA) is 89.4 Å². The zero-order chi connectivity index (χ0) is 25.2. The lowest BCUT2D eigenvalue weighted by Crippen LogP contribution is -2.43. The Morgan fingerprint density at radius 3 is 2.47 bits per heavy atom. The van der Waals surface area contributed by atoms with E-state index < -0.39 is 0 Å². The van der Waals surface area contributed by atoms with Gasteiger partial charge < -0.3 is 15.0 Å². The molecule has 36 heavy (non-hydrogen) atoms. The van der Waals surface area contributed by atoms with E-state index in [1.54, 1.807) is 21.7 Å². The maximum absolute atomic E-state index is 13.2. The largest absolute Gasteiger partial charge is 0.365 e. The molecule has 5 rings (SSSR count). The van der Waals surface area contributed by atoms with Crippen molar-refractivity contribution in [3.05, 3.63) is 82.4 Å². The molecule has 0 bridgehead atoms. The maximum Gasteiger partial charge on any atom is 0.276 e. The van der Waals surface area contributed by atoms with E-state index >= 15 is 0 Å². The van der Waals surface area contributed by atoms with Crippen molar-refractivity contribution in [2.24, 2.45) is 5.92 Å². The van der Waals surface area contributed by atoms with Gasteiger partial charge in [-0.05, 0) is 49.9 Å². The van der Waals surface area contributed by atoms with Gasteiger partial charge in [-0.25, -0.2) is 9.07 Å². The van der Waals surface area contributed by atoms with Crippen LogP contribution in [0.15, 0.2) is 48.5 Å². The van der Waals surface area contributed by atoms with Gasteiger partial charge in [0, 0.05) is 19.0 Å². The molecule has 1 saturated heterocycles. The summed E-state index contributed by atoms with van der Waals surface area (Å²) >= 11 is 0. The fraction of sp³-hybridized carbons (Fsp3) is 0.407. The van der Waals surface area contributed by atoms with Crippen LogP contribution in [0.5, 0.6) is 0 Å². The van der Waals surface area contributed by atoms with Crippen molar-refractivity contribution in [3.8, 4) is 0 Å². The van der Waals surface area contributed by atoms with Gasteiger partial charge in [-0.2, -0.15) is 0 Å². The molecule has 2 aromatic carbocycles. The van der Waals surface area contributed by atoms with Gasteiger partial charge in [-0.1, -0.05) is 47.2 Å². The number of hydrogen-bond acceptors (Lipinski definition) is 5. The van der Waals surface area contributed by atoms with E-state index in [0.29, 0.717) is 43.9 Å². The van der Waals surface area contributed by atoms with Crippen molar-refractivity contribution in [1.82, 2.24) is 25.2 Å². The number of hydrogen-bond donors (Lipinski definition) is 1. The van der Waals surface area contributed by atoms with E-state index in [4.69, 9.17) is 4.74 Å². The van der Waals surface area contributed by atoms with E-state index in [9.17, 15) is 14.0 Å². The quantitative estimate of drug-likeness (QED) is 0.588. The van der Waals surface area contributed by atoms with E-state index in [1.807, 2.05) is 13.8 Å². The van der Waals surface area contributed by atoms with Crippen LogP contribution in [0.1, 0.15) is 64.8 Å². The fourth-order valence-corrected chi connectivity index (χ4v) is 4.82. The molecular formula is C27H30FN5O3. The number of aryl methyl sites for hydroxylation is 1. The van der Waals surface area contributed by atoms with Gasteiger partial charge in [0.25, 0.3) is 5.91 Å². The molecule has 0 spiro atoms. The van der Waals surface area contributed by atoms with Gasteiger partial charge >= 0.3 is 0 Å². The molecule has 2 amide bonds. The Bertz CT molecular complexity index is 1230. The van der Waals surface area contributed by atoms with Crippen molar-refractivity contribution < 1.29 is 18.7 Å². The lowest BCUT2D eigenvalue weighted by Gasteiger charge is -2.32. The number of fused-ring (bicyclic) bond motifs is 1. The minimum Gasteiger partial charge on any atom is -0.365 e. The summed E-state index contributed by atoms with van der Waals surface area (Å²) in [6.45, 7) is 5.65. The van der Waals surface area contributed by atoms with Gasteiger partial charge in [0.1, 0.15) is 11.9 Å². The molecule has 0 radical (unpaired) electrons. The number of carbonyl (C=O) groups excluding carboxylic acids is 2. The third-order valence-corrected chi connectivity index (χ3v) is 7.13. The van der Waals surface area contributed by atoms with Gasteiger partial charge in [-0.3, -0.25) is 9.59 Å². The van der Waals surface area contributed by atoms with Crippen molar-refractivity contribution in [3.63, 3.8) is 0 Å². The first-order valence-electron chi connectivity index (χ1n) is 12.3. The predicted molar refractivity (Wildman–Crippen MR) is 130 cm³/mol. The molecule has 2 atom stereocenters. The van der Waals surface area contributed by atoms with Crippen LogP contribution in [-0.4, -0.2) is 44.8 Å². The smallest absolute Gasteiger partial charge is 0.276 e. The molecule has 0 saturated carbocycles. The van der Waals surface area contributed by atoms with E-state index in [0.717, 1.165) is 11.1 Å². The SMILES string of the molecule is Cc1ccc([C@@H]2Cn3nnc(C(=O)N4CCC(C(=O)N[C@@H](C)c5ccc(F)cc5)CC4)c3CO2)cc1. The second-order valence-corrected chi connectivity index (χ2v) is 9.63. The van der Waals surface area contributed by atoms with Crippen molar-refractivity contribution >= 4 is 11.8 Å². The molecule has 2 aliphatic rings. The van der Waals surface area contributed by atoms with Crippen LogP contribution in [0.25, 0.3) is 0 Å². The summed E-state index contributed by atoms with van der Waals surface area (Å²) in [5.41, 5.74) is 4.12. The van der Waals surface area contributed by atoms with Crippen molar-refractivity contribution in [2.75, 3.05) is 13.1 Å². The minimum atomic E-state index is -0.304. The summed E-state index contributed by atoms with van der Waals surface area (Å²) in [7, 11) is 0. The molecule has 8 nitrogen and oxygen atoms in total. The van der Waals surface area contributed by atoms with Crippen LogP contribution in [-0.2, 0) is 22.7 Å². The Balaban J connectivity index is 1.16. The number of ether oxygens (including phenoxy) is 1. The normalized spacial score (nSPS) is 19.0. The maximum atomic E-state index is 13.2. The van der Waals surface area contributed by atoms with E-state index in [-0.39, 0.29) is 42.3 Å². The summed E-state index contributed by atoms with van der Waals surface area (Å²) in [6.07, 6.45) is 1.01. The highest BCUT2D eigenvalue weighted by Crippen LogP contribution is 2.28. The molecular weight excluding hydrogens is 461 g/mol. The third kappa shape index (κ3) is 5.02. The minimum absolute atomic E-state index is 0.0458. The van der Waals surface area contributed by atoms with Gasteiger partial charge in [0.05, 0.1) is 24.9 Å². The number of likely N-dealkylation sites (tertiary alicyclic amines) is 1. The highest BCUT2D eigenvalue weighted by Gasteiger charge is 2.33. The number of benzene rings is 2. The Morgan fingerprint density at radius 2 is 1.78 bits per heavy atom. The number of piperidine rings is 1. The van der Waals surface area contributed by atoms with Gasteiger partial charge in [-0.15, -0.1) is 5.10 Å². The third-order valence-electron chi connectivity index (χ3n) is 7.13. The van der Waals surface area contributed by atoms with Crippen LogP contribution < -0.4 is 5.32 Å². The zero-order valence-electron chi connectivity index (χ0n) is 20.5. The number of rotatable bonds is 5. The van der Waals surface area contributed by atoms with Crippen LogP contribution in [0.3, 0.4) is 0 Å². The number of aromatic nitrogens is 3. The Hall–Kier alpha value is -3.59.